The third-order valence-corrected chi connectivity index (χ3v) is 6.83. The van der Waals surface area contributed by atoms with Crippen LogP contribution in [0, 0.1) is 0 Å². The van der Waals surface area contributed by atoms with Crippen LogP contribution in [0.25, 0.3) is 0 Å². The lowest BCUT2D eigenvalue weighted by Gasteiger charge is -2.26. The van der Waals surface area contributed by atoms with Gasteiger partial charge in [0.15, 0.2) is 14.9 Å². The average Bonchev–Trinajstić information content (AvgIpc) is 2.99. The number of sulfone groups is 1. The van der Waals surface area contributed by atoms with Gasteiger partial charge in [-0.25, -0.2) is 16.8 Å². The largest absolute Gasteiger partial charge is 0.383 e. The molecule has 1 aromatic rings. The maximum Gasteiger partial charge on any atom is 0.260 e. The molecule has 1 aliphatic heterocycles. The van der Waals surface area contributed by atoms with Gasteiger partial charge < -0.3 is 4.74 Å². The van der Waals surface area contributed by atoms with Gasteiger partial charge in [0.2, 0.25) is 0 Å². The van der Waals surface area contributed by atoms with Crippen molar-refractivity contribution in [1.82, 2.24) is 14.5 Å². The zero-order valence-corrected chi connectivity index (χ0v) is 12.7. The zero-order valence-electron chi connectivity index (χ0n) is 11.0. The molecule has 0 saturated carbocycles. The number of hydrogen-bond donors (Lipinski definition) is 1. The van der Waals surface area contributed by atoms with Gasteiger partial charge in [0, 0.05) is 19.7 Å². The molecule has 1 atom stereocenters. The van der Waals surface area contributed by atoms with Crippen molar-refractivity contribution < 1.29 is 21.6 Å². The molecule has 0 bridgehead atoms. The van der Waals surface area contributed by atoms with Gasteiger partial charge in [-0.2, -0.15) is 9.40 Å². The van der Waals surface area contributed by atoms with E-state index in [0.717, 1.165) is 0 Å². The van der Waals surface area contributed by atoms with Gasteiger partial charge in [0.1, 0.15) is 0 Å². The first kappa shape index (κ1) is 15.4. The highest BCUT2D eigenvalue weighted by atomic mass is 32.2. The summed E-state index contributed by atoms with van der Waals surface area (Å²) in [4.78, 5) is 0. The monoisotopic (exact) mass is 323 g/mol. The minimum absolute atomic E-state index is 0.0135. The number of ether oxygens (including phenoxy) is 1. The van der Waals surface area contributed by atoms with E-state index in [9.17, 15) is 16.8 Å². The Hall–Kier alpha value is -0.970. The molecule has 1 N–H and O–H groups in total. The quantitative estimate of drug-likeness (QED) is 0.736. The van der Waals surface area contributed by atoms with Crippen LogP contribution in [-0.4, -0.2) is 69.1 Å². The highest BCUT2D eigenvalue weighted by Gasteiger charge is 2.39. The summed E-state index contributed by atoms with van der Waals surface area (Å²) in [6.07, 6.45) is 1.65. The summed E-state index contributed by atoms with van der Waals surface area (Å²) in [6, 6.07) is 0.793. The molecule has 1 unspecified atom stereocenters. The van der Waals surface area contributed by atoms with Crippen LogP contribution >= 0.6 is 0 Å². The van der Waals surface area contributed by atoms with E-state index in [-0.39, 0.29) is 29.7 Å². The Kier molecular flexibility index (Phi) is 4.47. The predicted molar refractivity (Wildman–Crippen MR) is 71.4 cm³/mol. The highest BCUT2D eigenvalue weighted by molar-refractivity contribution is 7.92. The summed E-state index contributed by atoms with van der Waals surface area (Å²) in [5.74, 6) is -0.135. The Balaban J connectivity index is 2.29. The Bertz CT molecular complexity index is 638. The fraction of sp³-hybridized carbons (Fsp3) is 0.700. The molecule has 8 nitrogen and oxygen atoms in total. The molecule has 1 fully saturated rings. The van der Waals surface area contributed by atoms with E-state index < -0.39 is 25.9 Å². The van der Waals surface area contributed by atoms with Crippen molar-refractivity contribution in [2.75, 3.05) is 31.8 Å². The van der Waals surface area contributed by atoms with Crippen LogP contribution in [0.15, 0.2) is 17.3 Å². The zero-order chi connectivity index (χ0) is 14.8. The minimum atomic E-state index is -3.79. The van der Waals surface area contributed by atoms with Gasteiger partial charge in [0.25, 0.3) is 10.0 Å². The first-order chi connectivity index (χ1) is 9.37. The van der Waals surface area contributed by atoms with Crippen molar-refractivity contribution in [3.8, 4) is 0 Å². The van der Waals surface area contributed by atoms with Crippen LogP contribution in [0.1, 0.15) is 6.42 Å². The number of hydrogen-bond acceptors (Lipinski definition) is 6. The number of rotatable bonds is 6. The second-order valence-corrected chi connectivity index (χ2v) is 8.67. The second kappa shape index (κ2) is 5.80. The van der Waals surface area contributed by atoms with E-state index in [1.807, 2.05) is 0 Å². The molecular formula is C10H17N3O5S2. The van der Waals surface area contributed by atoms with Crippen molar-refractivity contribution in [2.45, 2.75) is 17.5 Å². The van der Waals surface area contributed by atoms with Gasteiger partial charge >= 0.3 is 0 Å². The lowest BCUT2D eigenvalue weighted by Crippen LogP contribution is -2.43. The van der Waals surface area contributed by atoms with E-state index in [2.05, 4.69) is 10.2 Å². The van der Waals surface area contributed by atoms with Gasteiger partial charge in [-0.3, -0.25) is 5.10 Å². The topological polar surface area (TPSA) is 109 Å². The number of aromatic nitrogens is 2. The SMILES string of the molecule is COCCN(C1CCS(=O)(=O)C1)S(=O)(=O)c1ccn[nH]1. The summed E-state index contributed by atoms with van der Waals surface area (Å²) >= 11 is 0. The molecule has 0 spiro atoms. The van der Waals surface area contributed by atoms with Gasteiger partial charge in [-0.05, 0) is 12.5 Å². The number of sulfonamides is 1. The van der Waals surface area contributed by atoms with Crippen molar-refractivity contribution in [3.63, 3.8) is 0 Å². The molecule has 0 aliphatic carbocycles. The fourth-order valence-electron chi connectivity index (χ4n) is 2.20. The molecule has 2 heterocycles. The van der Waals surface area contributed by atoms with Crippen LogP contribution in [0.4, 0.5) is 0 Å². The lowest BCUT2D eigenvalue weighted by atomic mass is 10.3. The highest BCUT2D eigenvalue weighted by Crippen LogP contribution is 2.23. The molecule has 0 amide bonds. The van der Waals surface area contributed by atoms with E-state index in [1.54, 1.807) is 0 Å². The number of H-pyrrole nitrogens is 1. The van der Waals surface area contributed by atoms with E-state index >= 15 is 0 Å². The second-order valence-electron chi connectivity index (χ2n) is 4.59. The van der Waals surface area contributed by atoms with Crippen molar-refractivity contribution >= 4 is 19.9 Å². The normalized spacial score (nSPS) is 22.4. The lowest BCUT2D eigenvalue weighted by molar-refractivity contribution is 0.169. The van der Waals surface area contributed by atoms with Crippen molar-refractivity contribution in [2.24, 2.45) is 0 Å². The summed E-state index contributed by atoms with van der Waals surface area (Å²) < 4.78 is 54.2. The molecule has 1 aromatic heterocycles. The maximum atomic E-state index is 12.5. The van der Waals surface area contributed by atoms with Crippen molar-refractivity contribution in [3.05, 3.63) is 12.3 Å². The Morgan fingerprint density at radius 1 is 1.55 bits per heavy atom. The first-order valence-corrected chi connectivity index (χ1v) is 9.33. The molecule has 20 heavy (non-hydrogen) atoms. The Morgan fingerprint density at radius 3 is 2.80 bits per heavy atom. The number of methoxy groups -OCH3 is 1. The molecule has 114 valence electrons. The number of nitrogens with zero attached hydrogens (tertiary/aromatic N) is 2. The van der Waals surface area contributed by atoms with Crippen LogP contribution in [-0.2, 0) is 24.6 Å². The fourth-order valence-corrected chi connectivity index (χ4v) is 5.56. The Morgan fingerprint density at radius 2 is 2.30 bits per heavy atom. The van der Waals surface area contributed by atoms with Crippen LogP contribution in [0.5, 0.6) is 0 Å². The summed E-state index contributed by atoms with van der Waals surface area (Å²) in [6.45, 7) is 0.307. The summed E-state index contributed by atoms with van der Waals surface area (Å²) in [7, 11) is -5.50. The molecule has 2 rings (SSSR count). The summed E-state index contributed by atoms with van der Waals surface area (Å²) in [5.41, 5.74) is 0. The Labute approximate surface area is 118 Å². The molecular weight excluding hydrogens is 306 g/mol. The predicted octanol–water partition coefficient (Wildman–Crippen LogP) is -0.766. The smallest absolute Gasteiger partial charge is 0.260 e. The third-order valence-electron chi connectivity index (χ3n) is 3.19. The maximum absolute atomic E-state index is 12.5. The number of nitrogens with one attached hydrogen (secondary N) is 1. The molecule has 1 saturated heterocycles. The molecule has 0 radical (unpaired) electrons. The van der Waals surface area contributed by atoms with Crippen LogP contribution < -0.4 is 0 Å². The van der Waals surface area contributed by atoms with Crippen LogP contribution in [0.3, 0.4) is 0 Å². The minimum Gasteiger partial charge on any atom is -0.383 e. The molecule has 0 aromatic carbocycles. The van der Waals surface area contributed by atoms with E-state index in [4.69, 9.17) is 4.74 Å². The van der Waals surface area contributed by atoms with E-state index in [0.29, 0.717) is 6.42 Å². The van der Waals surface area contributed by atoms with E-state index in [1.165, 1.54) is 23.7 Å². The standard InChI is InChI=1S/C10H17N3O5S2/c1-18-6-5-13(9-3-7-19(14,15)8-9)20(16,17)10-2-4-11-12-10/h2,4,9H,3,5-8H2,1H3,(H,11,12). The molecule has 1 aliphatic rings. The van der Waals surface area contributed by atoms with Crippen molar-refractivity contribution in [1.29, 1.82) is 0 Å². The number of aromatic amines is 1. The molecule has 10 heteroatoms. The van der Waals surface area contributed by atoms with Gasteiger partial charge in [-0.1, -0.05) is 0 Å². The average molecular weight is 323 g/mol. The van der Waals surface area contributed by atoms with Gasteiger partial charge in [-0.15, -0.1) is 0 Å². The first-order valence-electron chi connectivity index (χ1n) is 6.07. The third kappa shape index (κ3) is 3.19. The van der Waals surface area contributed by atoms with Crippen LogP contribution in [0.2, 0.25) is 0 Å². The summed E-state index contributed by atoms with van der Waals surface area (Å²) in [5, 5.41) is 5.99. The van der Waals surface area contributed by atoms with Gasteiger partial charge in [0.05, 0.1) is 24.3 Å².